The Labute approximate surface area is 132 Å². The Balaban J connectivity index is 1.96. The number of nitrogens with zero attached hydrogens (tertiary/aromatic N) is 1. The largest absolute Gasteiger partial charge is 0.325 e. The fourth-order valence-corrected chi connectivity index (χ4v) is 5.64. The van der Waals surface area contributed by atoms with Crippen LogP contribution in [-0.2, 0) is 4.79 Å². The summed E-state index contributed by atoms with van der Waals surface area (Å²) in [5.41, 5.74) is 0. The summed E-state index contributed by atoms with van der Waals surface area (Å²) in [5, 5.41) is 4.19. The molecule has 0 aliphatic carbocycles. The van der Waals surface area contributed by atoms with E-state index in [4.69, 9.17) is 0 Å². The monoisotopic (exact) mass is 316 g/mol. The fraction of sp³-hybridized carbons (Fsp3) is 0.933. The van der Waals surface area contributed by atoms with E-state index in [1.807, 2.05) is 23.5 Å². The topological polar surface area (TPSA) is 32.3 Å². The molecule has 1 amide bonds. The molecule has 1 N–H and O–H groups in total. The maximum absolute atomic E-state index is 12.6. The highest BCUT2D eigenvalue weighted by atomic mass is 32.2. The van der Waals surface area contributed by atoms with Crippen molar-refractivity contribution in [3.8, 4) is 0 Å². The van der Waals surface area contributed by atoms with Crippen molar-refractivity contribution in [3.63, 3.8) is 0 Å². The Morgan fingerprint density at radius 1 is 1.40 bits per heavy atom. The summed E-state index contributed by atoms with van der Waals surface area (Å²) in [6.45, 7) is 7.52. The van der Waals surface area contributed by atoms with Crippen molar-refractivity contribution in [2.24, 2.45) is 5.92 Å². The van der Waals surface area contributed by atoms with E-state index in [-0.39, 0.29) is 12.2 Å². The van der Waals surface area contributed by atoms with Crippen LogP contribution in [0, 0.1) is 5.92 Å². The molecule has 0 radical (unpaired) electrons. The van der Waals surface area contributed by atoms with Crippen LogP contribution in [-0.4, -0.2) is 52.1 Å². The maximum atomic E-state index is 12.6. The van der Waals surface area contributed by atoms with E-state index in [1.54, 1.807) is 0 Å². The second-order valence-corrected chi connectivity index (χ2v) is 8.77. The van der Waals surface area contributed by atoms with Gasteiger partial charge in [0.25, 0.3) is 0 Å². The summed E-state index contributed by atoms with van der Waals surface area (Å²) < 4.78 is 0. The lowest BCUT2D eigenvalue weighted by atomic mass is 10.0. The smallest absolute Gasteiger partial charge is 0.241 e. The zero-order valence-electron chi connectivity index (χ0n) is 12.9. The SMILES string of the molecule is CCCC1NC(CC(C)C)C(=O)N1CC1CSCCS1. The van der Waals surface area contributed by atoms with Gasteiger partial charge in [-0.1, -0.05) is 27.2 Å². The van der Waals surface area contributed by atoms with Crippen molar-refractivity contribution in [3.05, 3.63) is 0 Å². The highest BCUT2D eigenvalue weighted by Gasteiger charge is 2.39. The van der Waals surface area contributed by atoms with E-state index in [9.17, 15) is 4.79 Å². The van der Waals surface area contributed by atoms with E-state index in [0.717, 1.165) is 25.8 Å². The summed E-state index contributed by atoms with van der Waals surface area (Å²) >= 11 is 4.08. The molecular formula is C15H28N2OS2. The Morgan fingerprint density at radius 2 is 2.20 bits per heavy atom. The minimum atomic E-state index is 0.0489. The molecule has 3 unspecified atom stereocenters. The molecule has 116 valence electrons. The van der Waals surface area contributed by atoms with E-state index in [1.165, 1.54) is 17.3 Å². The summed E-state index contributed by atoms with van der Waals surface area (Å²) in [4.78, 5) is 14.8. The zero-order chi connectivity index (χ0) is 14.5. The van der Waals surface area contributed by atoms with E-state index >= 15 is 0 Å². The van der Waals surface area contributed by atoms with Crippen LogP contribution in [0.4, 0.5) is 0 Å². The number of carbonyl (C=O) groups excluding carboxylic acids is 1. The third-order valence-electron chi connectivity index (χ3n) is 3.91. The maximum Gasteiger partial charge on any atom is 0.241 e. The molecule has 2 aliphatic heterocycles. The second kappa shape index (κ2) is 7.95. The summed E-state index contributed by atoms with van der Waals surface area (Å²) in [6.07, 6.45) is 3.43. The molecule has 5 heteroatoms. The first-order valence-corrected chi connectivity index (χ1v) is 10.1. The van der Waals surface area contributed by atoms with Gasteiger partial charge in [-0.05, 0) is 18.8 Å². The average Bonchev–Trinajstić information content (AvgIpc) is 2.69. The van der Waals surface area contributed by atoms with Gasteiger partial charge in [0.2, 0.25) is 5.91 Å². The zero-order valence-corrected chi connectivity index (χ0v) is 14.6. The minimum absolute atomic E-state index is 0.0489. The van der Waals surface area contributed by atoms with Crippen molar-refractivity contribution in [1.82, 2.24) is 10.2 Å². The first kappa shape index (κ1) is 16.5. The van der Waals surface area contributed by atoms with Crippen LogP contribution in [0.15, 0.2) is 0 Å². The number of hydrogen-bond acceptors (Lipinski definition) is 4. The van der Waals surface area contributed by atoms with Gasteiger partial charge in [-0.3, -0.25) is 10.1 Å². The molecule has 2 fully saturated rings. The van der Waals surface area contributed by atoms with Crippen molar-refractivity contribution >= 4 is 29.4 Å². The number of hydrogen-bond donors (Lipinski definition) is 1. The van der Waals surface area contributed by atoms with E-state index in [0.29, 0.717) is 17.1 Å². The van der Waals surface area contributed by atoms with Crippen LogP contribution in [0.25, 0.3) is 0 Å². The first-order chi connectivity index (χ1) is 9.61. The Bertz CT molecular complexity index is 319. The number of amides is 1. The molecule has 2 aliphatic rings. The molecule has 3 atom stereocenters. The number of nitrogens with one attached hydrogen (secondary N) is 1. The van der Waals surface area contributed by atoms with Crippen molar-refractivity contribution in [2.75, 3.05) is 23.8 Å². The van der Waals surface area contributed by atoms with Gasteiger partial charge in [0.05, 0.1) is 12.2 Å². The lowest BCUT2D eigenvalue weighted by molar-refractivity contribution is -0.130. The Morgan fingerprint density at radius 3 is 2.80 bits per heavy atom. The lowest BCUT2D eigenvalue weighted by Gasteiger charge is -2.30. The first-order valence-electron chi connectivity index (χ1n) is 7.87. The number of rotatable bonds is 6. The van der Waals surface area contributed by atoms with Gasteiger partial charge >= 0.3 is 0 Å². The summed E-state index contributed by atoms with van der Waals surface area (Å²) in [5.74, 6) is 4.61. The van der Waals surface area contributed by atoms with Gasteiger partial charge in [-0.25, -0.2) is 0 Å². The summed E-state index contributed by atoms with van der Waals surface area (Å²) in [6, 6.07) is 0.0489. The van der Waals surface area contributed by atoms with Gasteiger partial charge < -0.3 is 4.90 Å². The average molecular weight is 317 g/mol. The Hall–Kier alpha value is 0.130. The van der Waals surface area contributed by atoms with Crippen LogP contribution in [0.3, 0.4) is 0 Å². The normalized spacial score (nSPS) is 31.3. The van der Waals surface area contributed by atoms with Gasteiger partial charge in [-0.15, -0.1) is 0 Å². The van der Waals surface area contributed by atoms with Crippen LogP contribution in [0.2, 0.25) is 0 Å². The van der Waals surface area contributed by atoms with Crippen molar-refractivity contribution in [1.29, 1.82) is 0 Å². The van der Waals surface area contributed by atoms with Crippen LogP contribution >= 0.6 is 23.5 Å². The molecule has 2 saturated heterocycles. The van der Waals surface area contributed by atoms with Gasteiger partial charge in [0.1, 0.15) is 0 Å². The fourth-order valence-electron chi connectivity index (χ4n) is 2.98. The van der Waals surface area contributed by atoms with Gasteiger partial charge in [0, 0.05) is 29.1 Å². The number of thioether (sulfide) groups is 2. The molecule has 0 aromatic carbocycles. The summed E-state index contributed by atoms with van der Waals surface area (Å²) in [7, 11) is 0. The predicted molar refractivity (Wildman–Crippen MR) is 90.4 cm³/mol. The standard InChI is InChI=1S/C15H28N2OS2/c1-4-5-14-16-13(8-11(2)3)15(18)17(14)9-12-10-19-6-7-20-12/h11-14,16H,4-10H2,1-3H3. The lowest BCUT2D eigenvalue weighted by Crippen LogP contribution is -2.42. The van der Waals surface area contributed by atoms with E-state index in [2.05, 4.69) is 31.0 Å². The molecular weight excluding hydrogens is 288 g/mol. The predicted octanol–water partition coefficient (Wildman–Crippen LogP) is 2.81. The molecule has 0 aromatic rings. The number of carbonyl (C=O) groups is 1. The quantitative estimate of drug-likeness (QED) is 0.817. The molecule has 2 rings (SSSR count). The molecule has 0 bridgehead atoms. The molecule has 0 saturated carbocycles. The second-order valence-electron chi connectivity index (χ2n) is 6.21. The van der Waals surface area contributed by atoms with Crippen molar-refractivity contribution < 1.29 is 4.79 Å². The minimum Gasteiger partial charge on any atom is -0.325 e. The highest BCUT2D eigenvalue weighted by molar-refractivity contribution is 8.06. The Kier molecular flexibility index (Phi) is 6.56. The van der Waals surface area contributed by atoms with Crippen molar-refractivity contribution in [2.45, 2.75) is 57.5 Å². The van der Waals surface area contributed by atoms with E-state index < -0.39 is 0 Å². The third kappa shape index (κ3) is 4.31. The molecule has 2 heterocycles. The van der Waals surface area contributed by atoms with Crippen LogP contribution in [0.5, 0.6) is 0 Å². The molecule has 0 aromatic heterocycles. The van der Waals surface area contributed by atoms with Crippen LogP contribution in [0.1, 0.15) is 40.0 Å². The highest BCUT2D eigenvalue weighted by Crippen LogP contribution is 2.27. The van der Waals surface area contributed by atoms with Crippen LogP contribution < -0.4 is 5.32 Å². The molecule has 0 spiro atoms. The molecule has 20 heavy (non-hydrogen) atoms. The van der Waals surface area contributed by atoms with Gasteiger partial charge in [0.15, 0.2) is 0 Å². The third-order valence-corrected chi connectivity index (χ3v) is 6.73. The van der Waals surface area contributed by atoms with Gasteiger partial charge in [-0.2, -0.15) is 23.5 Å². The molecule has 3 nitrogen and oxygen atoms in total.